The number of nitrogens with zero attached hydrogens (tertiary/aromatic N) is 3. The molecule has 1 fully saturated rings. The zero-order valence-corrected chi connectivity index (χ0v) is 27.3. The van der Waals surface area contributed by atoms with Crippen LogP contribution in [0.3, 0.4) is 0 Å². The summed E-state index contributed by atoms with van der Waals surface area (Å²) < 4.78 is 22.3. The molecule has 0 bridgehead atoms. The fourth-order valence-corrected chi connectivity index (χ4v) is 4.36. The van der Waals surface area contributed by atoms with Gasteiger partial charge < -0.3 is 15.5 Å². The van der Waals surface area contributed by atoms with E-state index in [1.165, 1.54) is 12.8 Å². The minimum absolute atomic E-state index is 0.376. The van der Waals surface area contributed by atoms with E-state index in [2.05, 4.69) is 46.2 Å². The third-order valence-corrected chi connectivity index (χ3v) is 7.81. The Balaban J connectivity index is 3.04. The number of hydrogen-bond acceptors (Lipinski definition) is 6. The number of aliphatic imine (C=N–C) groups is 1. The van der Waals surface area contributed by atoms with Crippen LogP contribution < -0.4 is 11.6 Å². The molecule has 226 valence electrons. The van der Waals surface area contributed by atoms with Gasteiger partial charge in [0.15, 0.2) is 0 Å². The molecule has 0 aromatic carbocycles. The van der Waals surface area contributed by atoms with Crippen LogP contribution in [0, 0.1) is 5.92 Å². The van der Waals surface area contributed by atoms with Gasteiger partial charge in [0, 0.05) is 49.7 Å². The van der Waals surface area contributed by atoms with Gasteiger partial charge >= 0.3 is 0 Å². The maximum Gasteiger partial charge on any atom is 0.223 e. The SMILES string of the molecule is C=C(CN(CCC)CCC(C)(F)C/C(=C/C)CC)C(=N/C=C\C)OC(=C/C=C/N(N)CCC1CC1)/C(Br)=C(\C)N. The first kappa shape index (κ1) is 35.9. The van der Waals surface area contributed by atoms with Crippen molar-refractivity contribution < 1.29 is 9.13 Å². The van der Waals surface area contributed by atoms with E-state index in [1.807, 2.05) is 38.3 Å². The molecule has 0 radical (unpaired) electrons. The number of nitrogens with two attached hydrogens (primary N) is 2. The molecule has 0 amide bonds. The first-order valence-electron chi connectivity index (χ1n) is 14.6. The van der Waals surface area contributed by atoms with E-state index in [0.717, 1.165) is 43.8 Å². The molecule has 1 aliphatic carbocycles. The summed E-state index contributed by atoms with van der Waals surface area (Å²) in [5, 5.41) is 1.69. The average molecular weight is 623 g/mol. The quantitative estimate of drug-likeness (QED) is 0.0290. The van der Waals surface area contributed by atoms with Gasteiger partial charge in [-0.3, -0.25) is 4.90 Å². The van der Waals surface area contributed by atoms with Gasteiger partial charge in [0.2, 0.25) is 5.90 Å². The number of allylic oxidation sites excluding steroid dienone is 7. The van der Waals surface area contributed by atoms with Crippen LogP contribution in [-0.2, 0) is 4.74 Å². The molecule has 1 atom stereocenters. The second-order valence-electron chi connectivity index (χ2n) is 10.9. The summed E-state index contributed by atoms with van der Waals surface area (Å²) in [5.74, 6) is 7.80. The van der Waals surface area contributed by atoms with Gasteiger partial charge in [0.05, 0.1) is 4.48 Å². The Bertz CT molecular complexity index is 972. The highest BCUT2D eigenvalue weighted by atomic mass is 79.9. The van der Waals surface area contributed by atoms with Gasteiger partial charge in [0.25, 0.3) is 0 Å². The molecule has 0 aromatic rings. The average Bonchev–Trinajstić information content (AvgIpc) is 3.74. The summed E-state index contributed by atoms with van der Waals surface area (Å²) in [6.45, 7) is 18.6. The van der Waals surface area contributed by atoms with Crippen LogP contribution in [0.1, 0.15) is 86.5 Å². The molecule has 1 aliphatic rings. The molecule has 0 aromatic heterocycles. The molecule has 0 aliphatic heterocycles. The number of ether oxygens (including phenoxy) is 1. The second-order valence-corrected chi connectivity index (χ2v) is 11.7. The molecular formula is C32H53BrFN5O. The molecule has 1 saturated carbocycles. The van der Waals surface area contributed by atoms with Crippen LogP contribution >= 0.6 is 15.9 Å². The van der Waals surface area contributed by atoms with E-state index in [-0.39, 0.29) is 0 Å². The molecular weight excluding hydrogens is 569 g/mol. The summed E-state index contributed by atoms with van der Waals surface area (Å²) in [4.78, 5) is 6.74. The predicted molar refractivity (Wildman–Crippen MR) is 173 cm³/mol. The number of alkyl halides is 1. The zero-order valence-electron chi connectivity index (χ0n) is 25.7. The molecule has 1 unspecified atom stereocenters. The van der Waals surface area contributed by atoms with Crippen molar-refractivity contribution in [2.24, 2.45) is 22.5 Å². The van der Waals surface area contributed by atoms with E-state index >= 15 is 4.39 Å². The largest absolute Gasteiger partial charge is 0.437 e. The fourth-order valence-electron chi connectivity index (χ4n) is 4.14. The lowest BCUT2D eigenvalue weighted by molar-refractivity contribution is 0.145. The Morgan fingerprint density at radius 3 is 2.48 bits per heavy atom. The number of hydrogen-bond donors (Lipinski definition) is 2. The van der Waals surface area contributed by atoms with Gasteiger partial charge in [-0.15, -0.1) is 0 Å². The van der Waals surface area contributed by atoms with Crippen molar-refractivity contribution in [1.82, 2.24) is 9.91 Å². The molecule has 0 spiro atoms. The lowest BCUT2D eigenvalue weighted by Crippen LogP contribution is -2.34. The minimum Gasteiger partial charge on any atom is -0.437 e. The standard InChI is InChI=1S/C32H53BrFN5O/c1-8-18-37-31(25(5)24-38(19-9-2)22-17-32(7,34)23-27(10-3)11-4)40-29(30(33)26(6)35)13-12-20-39(36)21-16-28-14-15-28/h8,10,12-13,18,20,28H,5,9,11,14-17,19,21-24,35-36H2,1-4,6-7H3/b18-8-,20-12+,27-10+,29-13+,30-26-,37-31?. The van der Waals surface area contributed by atoms with Crippen LogP contribution in [0.4, 0.5) is 4.39 Å². The maximum atomic E-state index is 15.4. The van der Waals surface area contributed by atoms with Crippen molar-refractivity contribution in [2.75, 3.05) is 26.2 Å². The van der Waals surface area contributed by atoms with Crippen LogP contribution in [0.2, 0.25) is 0 Å². The topological polar surface area (TPSA) is 80.1 Å². The molecule has 6 nitrogen and oxygen atoms in total. The summed E-state index contributed by atoms with van der Waals surface area (Å²) in [6, 6.07) is 0. The summed E-state index contributed by atoms with van der Waals surface area (Å²) in [5.41, 5.74) is 7.24. The fraction of sp³-hybridized carbons (Fsp3) is 0.594. The van der Waals surface area contributed by atoms with E-state index in [1.54, 1.807) is 31.1 Å². The van der Waals surface area contributed by atoms with Crippen molar-refractivity contribution in [3.8, 4) is 0 Å². The van der Waals surface area contributed by atoms with E-state index in [9.17, 15) is 0 Å². The lowest BCUT2D eigenvalue weighted by atomic mass is 9.93. The monoisotopic (exact) mass is 621 g/mol. The first-order valence-corrected chi connectivity index (χ1v) is 15.4. The highest BCUT2D eigenvalue weighted by molar-refractivity contribution is 9.12. The van der Waals surface area contributed by atoms with Crippen molar-refractivity contribution >= 4 is 21.8 Å². The molecule has 1 rings (SSSR count). The third kappa shape index (κ3) is 15.0. The second kappa shape index (κ2) is 19.1. The van der Waals surface area contributed by atoms with E-state index in [0.29, 0.717) is 53.3 Å². The number of rotatable bonds is 19. The Morgan fingerprint density at radius 1 is 1.23 bits per heavy atom. The summed E-state index contributed by atoms with van der Waals surface area (Å²) in [6.07, 6.45) is 17.4. The molecule has 8 heteroatoms. The molecule has 40 heavy (non-hydrogen) atoms. The van der Waals surface area contributed by atoms with Crippen LogP contribution in [0.15, 0.2) is 75.4 Å². The Kier molecular flexibility index (Phi) is 17.1. The van der Waals surface area contributed by atoms with Crippen molar-refractivity contribution in [2.45, 2.75) is 92.2 Å². The highest BCUT2D eigenvalue weighted by Gasteiger charge is 2.26. The van der Waals surface area contributed by atoms with Gasteiger partial charge in [-0.2, -0.15) is 0 Å². The maximum absolute atomic E-state index is 15.4. The number of hydrazine groups is 1. The smallest absolute Gasteiger partial charge is 0.223 e. The van der Waals surface area contributed by atoms with Crippen molar-refractivity contribution in [3.05, 3.63) is 70.4 Å². The van der Waals surface area contributed by atoms with Crippen LogP contribution in [-0.4, -0.2) is 47.7 Å². The van der Waals surface area contributed by atoms with Gasteiger partial charge in [-0.25, -0.2) is 15.2 Å². The molecule has 0 heterocycles. The minimum atomic E-state index is -1.27. The zero-order chi connectivity index (χ0) is 30.1. The van der Waals surface area contributed by atoms with E-state index < -0.39 is 5.67 Å². The van der Waals surface area contributed by atoms with Crippen LogP contribution in [0.5, 0.6) is 0 Å². The molecule has 4 N–H and O–H groups in total. The molecule has 0 saturated heterocycles. The predicted octanol–water partition coefficient (Wildman–Crippen LogP) is 8.03. The Morgan fingerprint density at radius 2 is 1.93 bits per heavy atom. The van der Waals surface area contributed by atoms with Gasteiger partial charge in [-0.1, -0.05) is 51.0 Å². The Labute approximate surface area is 251 Å². The summed E-state index contributed by atoms with van der Waals surface area (Å²) in [7, 11) is 0. The third-order valence-electron chi connectivity index (χ3n) is 6.79. The summed E-state index contributed by atoms with van der Waals surface area (Å²) >= 11 is 3.56. The van der Waals surface area contributed by atoms with Crippen molar-refractivity contribution in [3.63, 3.8) is 0 Å². The van der Waals surface area contributed by atoms with Crippen molar-refractivity contribution in [1.29, 1.82) is 0 Å². The van der Waals surface area contributed by atoms with Crippen LogP contribution in [0.25, 0.3) is 0 Å². The van der Waals surface area contributed by atoms with Gasteiger partial charge in [-0.05, 0) is 93.9 Å². The normalized spacial score (nSPS) is 17.5. The highest BCUT2D eigenvalue weighted by Crippen LogP contribution is 2.32. The first-order chi connectivity index (χ1) is 19.0. The number of halogens is 2. The van der Waals surface area contributed by atoms with Gasteiger partial charge in [0.1, 0.15) is 11.4 Å². The lowest BCUT2D eigenvalue weighted by Gasteiger charge is -2.28. The van der Waals surface area contributed by atoms with E-state index in [4.69, 9.17) is 16.3 Å². The Hall–Kier alpha value is -2.16.